The van der Waals surface area contributed by atoms with Crippen LogP contribution in [0.2, 0.25) is 0 Å². The van der Waals surface area contributed by atoms with Gasteiger partial charge in [0.1, 0.15) is 36.7 Å². The molecule has 1 atom stereocenters. The van der Waals surface area contributed by atoms with E-state index >= 15 is 0 Å². The molecule has 8 heteroatoms. The Morgan fingerprint density at radius 1 is 1.20 bits per heavy atom. The molecular formula is C22H29FN4O3. The molecule has 0 aliphatic carbocycles. The summed E-state index contributed by atoms with van der Waals surface area (Å²) >= 11 is 0. The summed E-state index contributed by atoms with van der Waals surface area (Å²) in [6, 6.07) is 6.19. The minimum absolute atomic E-state index is 0.0560. The van der Waals surface area contributed by atoms with Crippen molar-refractivity contribution in [1.82, 2.24) is 19.4 Å². The SMILES string of the molecule is Cc1nccn1CCN1CCC(N2C[C@@H](COc3ccc(F)cc3)OCC2=O)CC1. The van der Waals surface area contributed by atoms with Crippen molar-refractivity contribution >= 4 is 5.91 Å². The topological polar surface area (TPSA) is 59.8 Å². The molecule has 1 aromatic carbocycles. The average molecular weight is 416 g/mol. The standard InChI is InChI=1S/C22H29FN4O3/c1-17-24-8-11-26(17)13-12-25-9-6-19(7-10-25)27-14-21(30-16-22(27)28)15-29-20-4-2-18(23)3-5-20/h2-5,8,11,19,21H,6-7,9-10,12-16H2,1H3/t21-/m0/s1. The van der Waals surface area contributed by atoms with E-state index in [1.54, 1.807) is 12.1 Å². The zero-order valence-electron chi connectivity index (χ0n) is 17.4. The van der Waals surface area contributed by atoms with Gasteiger partial charge in [0.05, 0.1) is 6.54 Å². The number of imidazole rings is 1. The summed E-state index contributed by atoms with van der Waals surface area (Å²) < 4.78 is 26.6. The monoisotopic (exact) mass is 416 g/mol. The van der Waals surface area contributed by atoms with E-state index in [0.29, 0.717) is 18.9 Å². The van der Waals surface area contributed by atoms with Crippen LogP contribution in [0.4, 0.5) is 4.39 Å². The molecule has 162 valence electrons. The van der Waals surface area contributed by atoms with Crippen molar-refractivity contribution in [2.24, 2.45) is 0 Å². The Bertz CT molecular complexity index is 833. The Morgan fingerprint density at radius 2 is 1.97 bits per heavy atom. The smallest absolute Gasteiger partial charge is 0.248 e. The fourth-order valence-corrected chi connectivity index (χ4v) is 4.16. The highest BCUT2D eigenvalue weighted by Crippen LogP contribution is 2.21. The quantitative estimate of drug-likeness (QED) is 0.692. The summed E-state index contributed by atoms with van der Waals surface area (Å²) in [5, 5.41) is 0. The number of benzene rings is 1. The van der Waals surface area contributed by atoms with Gasteiger partial charge in [-0.2, -0.15) is 0 Å². The van der Waals surface area contributed by atoms with Crippen molar-refractivity contribution in [3.05, 3.63) is 48.3 Å². The van der Waals surface area contributed by atoms with E-state index in [1.807, 2.05) is 24.2 Å². The van der Waals surface area contributed by atoms with Gasteiger partial charge in [0.2, 0.25) is 5.91 Å². The van der Waals surface area contributed by atoms with Crippen molar-refractivity contribution in [2.75, 3.05) is 39.4 Å². The molecule has 0 N–H and O–H groups in total. The Morgan fingerprint density at radius 3 is 2.67 bits per heavy atom. The van der Waals surface area contributed by atoms with Crippen LogP contribution in [-0.4, -0.2) is 76.8 Å². The summed E-state index contributed by atoms with van der Waals surface area (Å²) in [5.41, 5.74) is 0. The molecule has 0 unspecified atom stereocenters. The van der Waals surface area contributed by atoms with Crippen LogP contribution in [0.3, 0.4) is 0 Å². The number of likely N-dealkylation sites (tertiary alicyclic amines) is 1. The molecule has 3 heterocycles. The van der Waals surface area contributed by atoms with Gasteiger partial charge in [-0.25, -0.2) is 9.37 Å². The molecule has 7 nitrogen and oxygen atoms in total. The predicted octanol–water partition coefficient (Wildman–Crippen LogP) is 2.10. The third kappa shape index (κ3) is 5.17. The highest BCUT2D eigenvalue weighted by molar-refractivity contribution is 5.78. The second-order valence-corrected chi connectivity index (χ2v) is 7.98. The third-order valence-electron chi connectivity index (χ3n) is 5.99. The van der Waals surface area contributed by atoms with Crippen LogP contribution in [0, 0.1) is 12.7 Å². The Balaban J connectivity index is 1.23. The number of piperidine rings is 1. The van der Waals surface area contributed by atoms with Gasteiger partial charge >= 0.3 is 0 Å². The van der Waals surface area contributed by atoms with Crippen LogP contribution in [-0.2, 0) is 16.1 Å². The van der Waals surface area contributed by atoms with Crippen molar-refractivity contribution < 1.29 is 18.7 Å². The molecule has 4 rings (SSSR count). The highest BCUT2D eigenvalue weighted by Gasteiger charge is 2.33. The van der Waals surface area contributed by atoms with Gasteiger partial charge in [0.15, 0.2) is 0 Å². The Labute approximate surface area is 176 Å². The Kier molecular flexibility index (Phi) is 6.64. The molecule has 30 heavy (non-hydrogen) atoms. The van der Waals surface area contributed by atoms with Crippen molar-refractivity contribution in [1.29, 1.82) is 0 Å². The molecule has 2 aliphatic heterocycles. The lowest BCUT2D eigenvalue weighted by Gasteiger charge is -2.42. The third-order valence-corrected chi connectivity index (χ3v) is 5.99. The Hall–Kier alpha value is -2.45. The molecule has 0 bridgehead atoms. The van der Waals surface area contributed by atoms with E-state index in [0.717, 1.165) is 44.8 Å². The van der Waals surface area contributed by atoms with Crippen molar-refractivity contribution in [3.63, 3.8) is 0 Å². The summed E-state index contributed by atoms with van der Waals surface area (Å²) in [7, 11) is 0. The fraction of sp³-hybridized carbons (Fsp3) is 0.545. The van der Waals surface area contributed by atoms with Crippen LogP contribution in [0.15, 0.2) is 36.7 Å². The number of aryl methyl sites for hydroxylation is 1. The molecule has 0 spiro atoms. The normalized spacial score (nSPS) is 21.2. The maximum atomic E-state index is 13.0. The van der Waals surface area contributed by atoms with Crippen molar-refractivity contribution in [2.45, 2.75) is 38.5 Å². The average Bonchev–Trinajstić information content (AvgIpc) is 3.18. The summed E-state index contributed by atoms with van der Waals surface area (Å²) in [4.78, 5) is 21.1. The number of rotatable bonds is 7. The maximum Gasteiger partial charge on any atom is 0.248 e. The maximum absolute atomic E-state index is 13.0. The van der Waals surface area contributed by atoms with Crippen LogP contribution >= 0.6 is 0 Å². The highest BCUT2D eigenvalue weighted by atomic mass is 19.1. The number of ether oxygens (including phenoxy) is 2. The number of nitrogens with zero attached hydrogens (tertiary/aromatic N) is 4. The largest absolute Gasteiger partial charge is 0.491 e. The second-order valence-electron chi connectivity index (χ2n) is 7.98. The molecule has 1 amide bonds. The number of hydrogen-bond donors (Lipinski definition) is 0. The van der Waals surface area contributed by atoms with Gasteiger partial charge in [-0.1, -0.05) is 0 Å². The lowest BCUT2D eigenvalue weighted by atomic mass is 10.0. The molecule has 2 saturated heterocycles. The second kappa shape index (κ2) is 9.57. The lowest BCUT2D eigenvalue weighted by molar-refractivity contribution is -0.155. The molecule has 2 aromatic rings. The van der Waals surface area contributed by atoms with E-state index in [4.69, 9.17) is 9.47 Å². The molecule has 1 aromatic heterocycles. The van der Waals surface area contributed by atoms with Crippen molar-refractivity contribution in [3.8, 4) is 5.75 Å². The fourth-order valence-electron chi connectivity index (χ4n) is 4.16. The number of morpholine rings is 1. The molecular weight excluding hydrogens is 387 g/mol. The van der Waals surface area contributed by atoms with Crippen LogP contribution in [0.25, 0.3) is 0 Å². The van der Waals surface area contributed by atoms with E-state index in [1.165, 1.54) is 12.1 Å². The van der Waals surface area contributed by atoms with E-state index < -0.39 is 0 Å². The molecule has 2 fully saturated rings. The number of hydrogen-bond acceptors (Lipinski definition) is 5. The first kappa shape index (κ1) is 20.8. The number of carbonyl (C=O) groups excluding carboxylic acids is 1. The first-order chi connectivity index (χ1) is 14.6. The zero-order chi connectivity index (χ0) is 20.9. The lowest BCUT2D eigenvalue weighted by Crippen LogP contribution is -2.55. The number of halogens is 1. The van der Waals surface area contributed by atoms with Gasteiger partial charge in [-0.05, 0) is 44.0 Å². The summed E-state index contributed by atoms with van der Waals surface area (Å²) in [6.45, 7) is 6.91. The van der Waals surface area contributed by atoms with Gasteiger partial charge in [-0.15, -0.1) is 0 Å². The van der Waals surface area contributed by atoms with Crippen LogP contribution in [0.5, 0.6) is 5.75 Å². The van der Waals surface area contributed by atoms with Gasteiger partial charge in [0, 0.05) is 44.6 Å². The van der Waals surface area contributed by atoms with E-state index in [-0.39, 0.29) is 30.5 Å². The van der Waals surface area contributed by atoms with Gasteiger partial charge in [-0.3, -0.25) is 4.79 Å². The van der Waals surface area contributed by atoms with E-state index in [9.17, 15) is 9.18 Å². The first-order valence-corrected chi connectivity index (χ1v) is 10.6. The van der Waals surface area contributed by atoms with Crippen LogP contribution < -0.4 is 4.74 Å². The minimum Gasteiger partial charge on any atom is -0.491 e. The van der Waals surface area contributed by atoms with Crippen LogP contribution in [0.1, 0.15) is 18.7 Å². The summed E-state index contributed by atoms with van der Waals surface area (Å²) in [6.07, 6.45) is 5.63. The summed E-state index contributed by atoms with van der Waals surface area (Å²) in [5.74, 6) is 1.41. The first-order valence-electron chi connectivity index (χ1n) is 10.6. The molecule has 0 radical (unpaired) electrons. The number of amides is 1. The van der Waals surface area contributed by atoms with Gasteiger partial charge in [0.25, 0.3) is 0 Å². The van der Waals surface area contributed by atoms with E-state index in [2.05, 4.69) is 14.5 Å². The minimum atomic E-state index is -0.292. The zero-order valence-corrected chi connectivity index (χ0v) is 17.4. The predicted molar refractivity (Wildman–Crippen MR) is 110 cm³/mol. The molecule has 0 saturated carbocycles. The molecule has 2 aliphatic rings. The number of aromatic nitrogens is 2. The number of carbonyl (C=O) groups is 1. The van der Waals surface area contributed by atoms with Gasteiger partial charge < -0.3 is 23.8 Å².